The van der Waals surface area contributed by atoms with Gasteiger partial charge in [-0.3, -0.25) is 13.8 Å². The van der Waals surface area contributed by atoms with Gasteiger partial charge in [-0.2, -0.15) is 0 Å². The standard InChI is InChI=1S/C74H149N2O6P/c1-6-8-10-12-14-16-18-20-22-24-26-28-30-32-34-36-38-39-41-43-45-47-49-51-53-55-57-59-61-63-65-67-73(77)72(71-82-83(79,80)81-70-69-76(3,4)5)75-74(78)68-66-64-62-60-58-56-54-52-50-48-46-44-42-40-37-35-33-31-29-27-25-23-21-19-17-15-13-11-9-7-2/h65,67,72-73,77H,6-64,66,68-71H2,1-5H3,(H-,75,78,79,80)/p+1/b67-65+. The smallest absolute Gasteiger partial charge is 0.387 e. The SMILES string of the molecule is CCCCCCCCCCCCCCCCCCCCCCCCCCCCCCC/C=C/C(O)C(COP(=O)(O)OCC[N+](C)(C)C)NC(=O)CCCCCCCCCCCCCCCCCCCCCCCCCCCCCCCC. The average molecular weight is 1190 g/mol. The van der Waals surface area contributed by atoms with Crippen molar-refractivity contribution in [2.75, 3.05) is 40.9 Å². The summed E-state index contributed by atoms with van der Waals surface area (Å²) in [5.74, 6) is -0.166. The summed E-state index contributed by atoms with van der Waals surface area (Å²) in [7, 11) is 1.60. The third-order valence-corrected chi connectivity index (χ3v) is 18.7. The molecule has 0 saturated heterocycles. The Kier molecular flexibility index (Phi) is 65.1. The van der Waals surface area contributed by atoms with Crippen molar-refractivity contribution in [3.05, 3.63) is 12.2 Å². The van der Waals surface area contributed by atoms with E-state index in [9.17, 15) is 19.4 Å². The molecule has 0 heterocycles. The van der Waals surface area contributed by atoms with Gasteiger partial charge in [0.25, 0.3) is 0 Å². The lowest BCUT2D eigenvalue weighted by Crippen LogP contribution is -2.45. The van der Waals surface area contributed by atoms with E-state index in [1.54, 1.807) is 6.08 Å². The fraction of sp³-hybridized carbons (Fsp3) is 0.959. The molecule has 0 radical (unpaired) electrons. The summed E-state index contributed by atoms with van der Waals surface area (Å²) >= 11 is 0. The third kappa shape index (κ3) is 68.6. The van der Waals surface area contributed by atoms with Gasteiger partial charge in [0.2, 0.25) is 5.91 Å². The van der Waals surface area contributed by atoms with E-state index in [4.69, 9.17) is 9.05 Å². The number of nitrogens with one attached hydrogen (secondary N) is 1. The molecule has 0 aliphatic rings. The molecule has 3 unspecified atom stereocenters. The fourth-order valence-electron chi connectivity index (χ4n) is 11.9. The number of aliphatic hydroxyl groups excluding tert-OH is 1. The zero-order valence-electron chi connectivity index (χ0n) is 57.0. The Bertz CT molecular complexity index is 1360. The molecule has 0 aromatic carbocycles. The Morgan fingerprint density at radius 1 is 0.398 bits per heavy atom. The van der Waals surface area contributed by atoms with Gasteiger partial charge in [0.05, 0.1) is 39.9 Å². The lowest BCUT2D eigenvalue weighted by atomic mass is 10.0. The van der Waals surface area contributed by atoms with E-state index >= 15 is 0 Å². The molecule has 8 nitrogen and oxygen atoms in total. The number of amides is 1. The van der Waals surface area contributed by atoms with Crippen LogP contribution in [-0.4, -0.2) is 73.4 Å². The summed E-state index contributed by atoms with van der Waals surface area (Å²) in [4.78, 5) is 23.5. The summed E-state index contributed by atoms with van der Waals surface area (Å²) < 4.78 is 23.9. The number of rotatable bonds is 71. The predicted molar refractivity (Wildman–Crippen MR) is 365 cm³/mol. The van der Waals surface area contributed by atoms with Crippen molar-refractivity contribution in [3.8, 4) is 0 Å². The predicted octanol–water partition coefficient (Wildman–Crippen LogP) is 24.1. The highest BCUT2D eigenvalue weighted by atomic mass is 31.2. The minimum Gasteiger partial charge on any atom is -0.387 e. The number of phosphoric acid groups is 1. The van der Waals surface area contributed by atoms with Crippen LogP contribution < -0.4 is 5.32 Å². The second-order valence-electron chi connectivity index (χ2n) is 27.4. The van der Waals surface area contributed by atoms with E-state index in [-0.39, 0.29) is 19.1 Å². The maximum atomic E-state index is 13.1. The van der Waals surface area contributed by atoms with Gasteiger partial charge in [0.15, 0.2) is 0 Å². The Morgan fingerprint density at radius 3 is 0.892 bits per heavy atom. The van der Waals surface area contributed by atoms with E-state index < -0.39 is 20.0 Å². The molecule has 83 heavy (non-hydrogen) atoms. The molecule has 1 amide bonds. The van der Waals surface area contributed by atoms with E-state index in [1.165, 1.54) is 353 Å². The Hall–Kier alpha value is -0.760. The summed E-state index contributed by atoms with van der Waals surface area (Å²) in [6.45, 7) is 4.90. The number of aliphatic hydroxyl groups is 1. The lowest BCUT2D eigenvalue weighted by molar-refractivity contribution is -0.870. The molecular weight excluding hydrogens is 1040 g/mol. The molecule has 0 spiro atoms. The number of likely N-dealkylation sites (N-methyl/N-ethyl adjacent to an activating group) is 1. The van der Waals surface area contributed by atoms with Crippen LogP contribution in [-0.2, 0) is 18.4 Å². The summed E-state index contributed by atoms with van der Waals surface area (Å²) in [5.41, 5.74) is 0. The van der Waals surface area contributed by atoms with Crippen molar-refractivity contribution >= 4 is 13.7 Å². The monoisotopic (exact) mass is 1190 g/mol. The maximum absolute atomic E-state index is 13.1. The zero-order chi connectivity index (χ0) is 60.5. The van der Waals surface area contributed by atoms with Crippen LogP contribution in [0.3, 0.4) is 0 Å². The first-order valence-electron chi connectivity index (χ1n) is 37.6. The molecule has 496 valence electrons. The molecule has 0 aliphatic heterocycles. The van der Waals surface area contributed by atoms with Gasteiger partial charge in [-0.15, -0.1) is 0 Å². The van der Waals surface area contributed by atoms with Crippen molar-refractivity contribution in [1.29, 1.82) is 0 Å². The van der Waals surface area contributed by atoms with Gasteiger partial charge in [-0.05, 0) is 19.3 Å². The van der Waals surface area contributed by atoms with Crippen LogP contribution in [0.4, 0.5) is 0 Å². The summed E-state index contributed by atoms with van der Waals surface area (Å²) in [5, 5.41) is 14.0. The largest absolute Gasteiger partial charge is 0.472 e. The van der Waals surface area contributed by atoms with Crippen LogP contribution in [0.1, 0.15) is 406 Å². The van der Waals surface area contributed by atoms with Gasteiger partial charge < -0.3 is 19.8 Å². The maximum Gasteiger partial charge on any atom is 0.472 e. The number of unbranched alkanes of at least 4 members (excludes halogenated alkanes) is 58. The van der Waals surface area contributed by atoms with E-state index in [2.05, 4.69) is 19.2 Å². The molecule has 0 bridgehead atoms. The van der Waals surface area contributed by atoms with E-state index in [0.717, 1.165) is 32.1 Å². The molecular formula is C74H150N2O6P+. The lowest BCUT2D eigenvalue weighted by Gasteiger charge is -2.25. The van der Waals surface area contributed by atoms with Gasteiger partial charge in [-0.25, -0.2) is 4.57 Å². The van der Waals surface area contributed by atoms with Gasteiger partial charge in [0.1, 0.15) is 13.2 Å². The molecule has 0 aromatic heterocycles. The van der Waals surface area contributed by atoms with E-state index in [0.29, 0.717) is 17.4 Å². The molecule has 3 N–H and O–H groups in total. The molecule has 9 heteroatoms. The van der Waals surface area contributed by atoms with Crippen LogP contribution in [0.25, 0.3) is 0 Å². The highest BCUT2D eigenvalue weighted by molar-refractivity contribution is 7.47. The Morgan fingerprint density at radius 2 is 0.639 bits per heavy atom. The Labute approximate surface area is 520 Å². The fourth-order valence-corrected chi connectivity index (χ4v) is 12.7. The molecule has 0 fully saturated rings. The van der Waals surface area contributed by atoms with Crippen molar-refractivity contribution in [2.24, 2.45) is 0 Å². The highest BCUT2D eigenvalue weighted by Crippen LogP contribution is 2.43. The number of nitrogens with zero attached hydrogens (tertiary/aromatic N) is 1. The van der Waals surface area contributed by atoms with Crippen LogP contribution >= 0.6 is 7.82 Å². The number of allylic oxidation sites excluding steroid dienone is 1. The van der Waals surface area contributed by atoms with Crippen LogP contribution in [0.15, 0.2) is 12.2 Å². The quantitative estimate of drug-likeness (QED) is 0.0243. The molecule has 0 saturated carbocycles. The highest BCUT2D eigenvalue weighted by Gasteiger charge is 2.28. The summed E-state index contributed by atoms with van der Waals surface area (Å²) in [6.07, 6.45) is 85.3. The van der Waals surface area contributed by atoms with Gasteiger partial charge >= 0.3 is 7.82 Å². The Balaban J connectivity index is 3.98. The second-order valence-corrected chi connectivity index (χ2v) is 28.8. The van der Waals surface area contributed by atoms with Crippen LogP contribution in [0, 0.1) is 0 Å². The molecule has 3 atom stereocenters. The normalized spacial score (nSPS) is 13.6. The first-order chi connectivity index (χ1) is 40.5. The number of carbonyl (C=O) groups excluding carboxylic acids is 1. The van der Waals surface area contributed by atoms with Gasteiger partial charge in [0, 0.05) is 6.42 Å². The zero-order valence-corrected chi connectivity index (χ0v) is 57.9. The molecule has 0 rings (SSSR count). The number of quaternary nitrogens is 1. The topological polar surface area (TPSA) is 105 Å². The average Bonchev–Trinajstić information content (AvgIpc) is 3.49. The number of hydrogen-bond acceptors (Lipinski definition) is 5. The van der Waals surface area contributed by atoms with Crippen molar-refractivity contribution < 1.29 is 32.9 Å². The number of phosphoric ester groups is 1. The summed E-state index contributed by atoms with van der Waals surface area (Å²) in [6, 6.07) is -0.844. The first kappa shape index (κ1) is 82.2. The minimum atomic E-state index is -4.35. The second kappa shape index (κ2) is 65.7. The first-order valence-corrected chi connectivity index (χ1v) is 39.1. The molecule has 0 aromatic rings. The van der Waals surface area contributed by atoms with Crippen molar-refractivity contribution in [1.82, 2.24) is 5.32 Å². The minimum absolute atomic E-state index is 0.0656. The molecule has 0 aliphatic carbocycles. The van der Waals surface area contributed by atoms with Crippen molar-refractivity contribution in [3.63, 3.8) is 0 Å². The van der Waals surface area contributed by atoms with Crippen molar-refractivity contribution in [2.45, 2.75) is 418 Å². The van der Waals surface area contributed by atoms with E-state index in [1.807, 2.05) is 27.2 Å². The number of carbonyl (C=O) groups is 1. The number of hydrogen-bond donors (Lipinski definition) is 3. The van der Waals surface area contributed by atoms with Crippen LogP contribution in [0.5, 0.6) is 0 Å². The van der Waals surface area contributed by atoms with Crippen LogP contribution in [0.2, 0.25) is 0 Å². The third-order valence-electron chi connectivity index (χ3n) is 17.8. The van der Waals surface area contributed by atoms with Gasteiger partial charge in [-0.1, -0.05) is 392 Å².